The van der Waals surface area contributed by atoms with Gasteiger partial charge in [-0.3, -0.25) is 0 Å². The van der Waals surface area contributed by atoms with Crippen LogP contribution in [-0.4, -0.2) is 36.6 Å². The number of sulfonamides is 1. The Balaban J connectivity index is 1.82. The zero-order valence-electron chi connectivity index (χ0n) is 12.0. The quantitative estimate of drug-likeness (QED) is 0.870. The molecule has 1 saturated heterocycles. The van der Waals surface area contributed by atoms with Gasteiger partial charge < -0.3 is 4.57 Å². The number of para-hydroxylation sites is 1. The van der Waals surface area contributed by atoms with E-state index >= 15 is 0 Å². The minimum absolute atomic E-state index is 0.334. The van der Waals surface area contributed by atoms with Crippen molar-refractivity contribution in [3.8, 4) is 0 Å². The molecule has 2 heterocycles. The maximum absolute atomic E-state index is 11.7. The average molecular weight is 327 g/mol. The third-order valence-corrected chi connectivity index (χ3v) is 5.72. The van der Waals surface area contributed by atoms with E-state index in [1.165, 1.54) is 6.26 Å². The van der Waals surface area contributed by atoms with Gasteiger partial charge in [0.1, 0.15) is 0 Å². The van der Waals surface area contributed by atoms with E-state index in [9.17, 15) is 8.42 Å². The molecule has 1 aromatic carbocycles. The lowest BCUT2D eigenvalue weighted by Crippen LogP contribution is -2.40. The molecule has 0 radical (unpaired) electrons. The second-order valence-electron chi connectivity index (χ2n) is 5.78. The summed E-state index contributed by atoms with van der Waals surface area (Å²) in [5, 5.41) is 1.87. The maximum atomic E-state index is 11.7. The fraction of sp³-hybridized carbons (Fsp3) is 0.467. The van der Waals surface area contributed by atoms with Crippen molar-refractivity contribution in [2.45, 2.75) is 19.4 Å². The smallest absolute Gasteiger partial charge is 0.211 e. The van der Waals surface area contributed by atoms with E-state index in [-0.39, 0.29) is 0 Å². The van der Waals surface area contributed by atoms with Crippen LogP contribution in [0.25, 0.3) is 10.9 Å². The molecule has 1 fully saturated rings. The number of piperidine rings is 1. The van der Waals surface area contributed by atoms with E-state index in [0.717, 1.165) is 35.3 Å². The SMILES string of the molecule is CS(=O)(=O)N1CCCC(Cn2ccc3cccc(Cl)c32)C1. The van der Waals surface area contributed by atoms with Gasteiger partial charge in [0, 0.05) is 31.2 Å². The molecule has 2 aromatic rings. The molecule has 0 amide bonds. The maximum Gasteiger partial charge on any atom is 0.211 e. The Morgan fingerprint density at radius 3 is 2.90 bits per heavy atom. The molecule has 0 spiro atoms. The van der Waals surface area contributed by atoms with Crippen molar-refractivity contribution in [2.24, 2.45) is 5.92 Å². The van der Waals surface area contributed by atoms with Crippen LogP contribution in [0.1, 0.15) is 12.8 Å². The number of hydrogen-bond acceptors (Lipinski definition) is 2. The van der Waals surface area contributed by atoms with Gasteiger partial charge in [-0.1, -0.05) is 23.7 Å². The number of benzene rings is 1. The molecule has 6 heteroatoms. The van der Waals surface area contributed by atoms with Crippen LogP contribution in [0.4, 0.5) is 0 Å². The lowest BCUT2D eigenvalue weighted by atomic mass is 9.99. The van der Waals surface area contributed by atoms with E-state index in [2.05, 4.69) is 10.6 Å². The van der Waals surface area contributed by atoms with Crippen LogP contribution in [0.2, 0.25) is 5.02 Å². The first kappa shape index (κ1) is 14.9. The first-order chi connectivity index (χ1) is 9.95. The largest absolute Gasteiger partial charge is 0.346 e. The molecular formula is C15H19ClN2O2S. The Labute approximate surface area is 130 Å². The molecule has 0 saturated carbocycles. The van der Waals surface area contributed by atoms with Crippen LogP contribution >= 0.6 is 11.6 Å². The van der Waals surface area contributed by atoms with Crippen LogP contribution in [0.15, 0.2) is 30.5 Å². The second kappa shape index (κ2) is 5.63. The van der Waals surface area contributed by atoms with Crippen molar-refractivity contribution in [2.75, 3.05) is 19.3 Å². The summed E-state index contributed by atoms with van der Waals surface area (Å²) in [6.45, 7) is 2.05. The van der Waals surface area contributed by atoms with Crippen molar-refractivity contribution in [3.05, 3.63) is 35.5 Å². The fourth-order valence-corrected chi connectivity index (χ4v) is 4.35. The van der Waals surface area contributed by atoms with Gasteiger partial charge in [-0.05, 0) is 30.9 Å². The third-order valence-electron chi connectivity index (χ3n) is 4.14. The average Bonchev–Trinajstić information content (AvgIpc) is 2.83. The van der Waals surface area contributed by atoms with Gasteiger partial charge in [0.2, 0.25) is 10.0 Å². The summed E-state index contributed by atoms with van der Waals surface area (Å²) in [4.78, 5) is 0. The fourth-order valence-electron chi connectivity index (χ4n) is 3.12. The summed E-state index contributed by atoms with van der Waals surface area (Å²) in [6.07, 6.45) is 5.30. The first-order valence-electron chi connectivity index (χ1n) is 7.13. The van der Waals surface area contributed by atoms with Gasteiger partial charge in [0.15, 0.2) is 0 Å². The zero-order chi connectivity index (χ0) is 15.0. The predicted octanol–water partition coefficient (Wildman–Crippen LogP) is 2.97. The topological polar surface area (TPSA) is 42.3 Å². The number of fused-ring (bicyclic) bond motifs is 1. The number of aromatic nitrogens is 1. The van der Waals surface area contributed by atoms with Crippen LogP contribution in [-0.2, 0) is 16.6 Å². The highest BCUT2D eigenvalue weighted by Crippen LogP contribution is 2.27. The Morgan fingerprint density at radius 2 is 2.14 bits per heavy atom. The summed E-state index contributed by atoms with van der Waals surface area (Å²) < 4.78 is 27.1. The third kappa shape index (κ3) is 3.10. The van der Waals surface area contributed by atoms with E-state index < -0.39 is 10.0 Å². The van der Waals surface area contributed by atoms with Crippen molar-refractivity contribution in [1.29, 1.82) is 0 Å². The Bertz CT molecular complexity index is 754. The second-order valence-corrected chi connectivity index (χ2v) is 8.16. The standard InChI is InChI=1S/C15H19ClN2O2S/c1-21(19,20)18-8-3-4-12(11-18)10-17-9-7-13-5-2-6-14(16)15(13)17/h2,5-7,9,12H,3-4,8,10-11H2,1H3. The molecule has 4 nitrogen and oxygen atoms in total. The van der Waals surface area contributed by atoms with Gasteiger partial charge in [-0.2, -0.15) is 0 Å². The number of nitrogens with zero attached hydrogens (tertiary/aromatic N) is 2. The van der Waals surface area contributed by atoms with E-state index in [4.69, 9.17) is 11.6 Å². The molecule has 1 unspecified atom stereocenters. The van der Waals surface area contributed by atoms with Gasteiger partial charge in [0.05, 0.1) is 16.8 Å². The van der Waals surface area contributed by atoms with Crippen molar-refractivity contribution < 1.29 is 8.42 Å². The lowest BCUT2D eigenvalue weighted by Gasteiger charge is -2.31. The van der Waals surface area contributed by atoms with Crippen LogP contribution in [0.3, 0.4) is 0 Å². The van der Waals surface area contributed by atoms with Gasteiger partial charge in [-0.25, -0.2) is 12.7 Å². The highest BCUT2D eigenvalue weighted by molar-refractivity contribution is 7.88. The van der Waals surface area contributed by atoms with E-state index in [1.807, 2.05) is 24.4 Å². The molecule has 0 aliphatic carbocycles. The van der Waals surface area contributed by atoms with Crippen molar-refractivity contribution in [1.82, 2.24) is 8.87 Å². The normalized spacial score (nSPS) is 21.0. The molecule has 1 aromatic heterocycles. The molecule has 21 heavy (non-hydrogen) atoms. The molecule has 1 aliphatic heterocycles. The molecule has 0 bridgehead atoms. The van der Waals surface area contributed by atoms with Crippen molar-refractivity contribution >= 4 is 32.5 Å². The highest BCUT2D eigenvalue weighted by atomic mass is 35.5. The summed E-state index contributed by atoms with van der Waals surface area (Å²) in [5.74, 6) is 0.334. The van der Waals surface area contributed by atoms with E-state index in [1.54, 1.807) is 4.31 Å². The zero-order valence-corrected chi connectivity index (χ0v) is 13.6. The summed E-state index contributed by atoms with van der Waals surface area (Å²) in [5.41, 5.74) is 1.04. The Kier molecular flexibility index (Phi) is 3.99. The summed E-state index contributed by atoms with van der Waals surface area (Å²) >= 11 is 6.30. The number of hydrogen-bond donors (Lipinski definition) is 0. The molecule has 0 N–H and O–H groups in total. The molecular weight excluding hydrogens is 308 g/mol. The number of halogens is 1. The molecule has 114 valence electrons. The summed E-state index contributed by atoms with van der Waals surface area (Å²) in [7, 11) is -3.09. The lowest BCUT2D eigenvalue weighted by molar-refractivity contribution is 0.248. The highest BCUT2D eigenvalue weighted by Gasteiger charge is 2.26. The number of rotatable bonds is 3. The molecule has 3 rings (SSSR count). The Morgan fingerprint density at radius 1 is 1.33 bits per heavy atom. The van der Waals surface area contributed by atoms with E-state index in [0.29, 0.717) is 19.0 Å². The van der Waals surface area contributed by atoms with Crippen LogP contribution in [0.5, 0.6) is 0 Å². The van der Waals surface area contributed by atoms with Gasteiger partial charge >= 0.3 is 0 Å². The van der Waals surface area contributed by atoms with Gasteiger partial charge in [-0.15, -0.1) is 0 Å². The Hall–Kier alpha value is -1.04. The minimum Gasteiger partial charge on any atom is -0.346 e. The van der Waals surface area contributed by atoms with Crippen LogP contribution < -0.4 is 0 Å². The first-order valence-corrected chi connectivity index (χ1v) is 9.36. The predicted molar refractivity (Wildman–Crippen MR) is 86.1 cm³/mol. The monoisotopic (exact) mass is 326 g/mol. The van der Waals surface area contributed by atoms with Crippen molar-refractivity contribution in [3.63, 3.8) is 0 Å². The molecule has 1 atom stereocenters. The summed E-state index contributed by atoms with van der Waals surface area (Å²) in [6, 6.07) is 7.94. The van der Waals surface area contributed by atoms with Crippen LogP contribution in [0, 0.1) is 5.92 Å². The minimum atomic E-state index is -3.09. The van der Waals surface area contributed by atoms with Gasteiger partial charge in [0.25, 0.3) is 0 Å². The molecule has 1 aliphatic rings.